The SMILES string of the molecule is C[C@@H](NC(=O)C1CCC(=O)N(C)C1c1ccccc1)C(=O)O. The predicted octanol–water partition coefficient (Wildman–Crippen LogP) is 1.19. The van der Waals surface area contributed by atoms with Crippen LogP contribution in [0.5, 0.6) is 0 Å². The van der Waals surface area contributed by atoms with Crippen LogP contribution >= 0.6 is 0 Å². The molecule has 22 heavy (non-hydrogen) atoms. The van der Waals surface area contributed by atoms with Gasteiger partial charge in [0.15, 0.2) is 0 Å². The van der Waals surface area contributed by atoms with Gasteiger partial charge in [-0.05, 0) is 18.9 Å². The molecule has 0 saturated carbocycles. The van der Waals surface area contributed by atoms with Crippen LogP contribution in [0, 0.1) is 5.92 Å². The van der Waals surface area contributed by atoms with Crippen molar-refractivity contribution in [2.75, 3.05) is 7.05 Å². The van der Waals surface area contributed by atoms with Gasteiger partial charge in [0.25, 0.3) is 0 Å². The summed E-state index contributed by atoms with van der Waals surface area (Å²) in [4.78, 5) is 36.9. The number of hydrogen-bond acceptors (Lipinski definition) is 3. The standard InChI is InChI=1S/C16H20N2O4/c1-10(16(21)22)17-15(20)12-8-9-13(19)18(2)14(12)11-6-4-3-5-7-11/h3-7,10,12,14H,8-9H2,1-2H3,(H,17,20)(H,21,22)/t10-,12?,14?/m1/s1. The van der Waals surface area contributed by atoms with Crippen molar-refractivity contribution in [3.05, 3.63) is 35.9 Å². The number of amides is 2. The van der Waals surface area contributed by atoms with Gasteiger partial charge < -0.3 is 15.3 Å². The Morgan fingerprint density at radius 3 is 2.55 bits per heavy atom. The van der Waals surface area contributed by atoms with Gasteiger partial charge in [-0.2, -0.15) is 0 Å². The third-order valence-corrected chi connectivity index (χ3v) is 4.07. The number of carboxylic acids is 1. The number of likely N-dealkylation sites (tertiary alicyclic amines) is 1. The Labute approximate surface area is 129 Å². The number of carboxylic acid groups (broad SMARTS) is 1. The van der Waals surface area contributed by atoms with Crippen molar-refractivity contribution in [3.8, 4) is 0 Å². The van der Waals surface area contributed by atoms with E-state index in [-0.39, 0.29) is 17.9 Å². The van der Waals surface area contributed by atoms with Crippen LogP contribution in [0.4, 0.5) is 0 Å². The van der Waals surface area contributed by atoms with Crippen molar-refractivity contribution in [1.82, 2.24) is 10.2 Å². The molecule has 0 bridgehead atoms. The molecule has 6 heteroatoms. The van der Waals surface area contributed by atoms with Gasteiger partial charge in [-0.3, -0.25) is 14.4 Å². The molecule has 2 unspecified atom stereocenters. The number of rotatable bonds is 4. The minimum Gasteiger partial charge on any atom is -0.480 e. The molecule has 1 aliphatic heterocycles. The van der Waals surface area contributed by atoms with Crippen LogP contribution in [0.25, 0.3) is 0 Å². The molecule has 0 aliphatic carbocycles. The number of nitrogens with one attached hydrogen (secondary N) is 1. The van der Waals surface area contributed by atoms with Gasteiger partial charge in [-0.15, -0.1) is 0 Å². The molecule has 2 rings (SSSR count). The third kappa shape index (κ3) is 3.27. The van der Waals surface area contributed by atoms with Crippen LogP contribution < -0.4 is 5.32 Å². The first-order valence-corrected chi connectivity index (χ1v) is 7.25. The number of hydrogen-bond donors (Lipinski definition) is 2. The van der Waals surface area contributed by atoms with Gasteiger partial charge in [0, 0.05) is 13.5 Å². The second-order valence-corrected chi connectivity index (χ2v) is 5.57. The Hall–Kier alpha value is -2.37. The van der Waals surface area contributed by atoms with E-state index in [0.717, 1.165) is 5.56 Å². The molecule has 1 aromatic carbocycles. The average Bonchev–Trinajstić information content (AvgIpc) is 2.50. The zero-order chi connectivity index (χ0) is 16.3. The molecule has 2 amide bonds. The summed E-state index contributed by atoms with van der Waals surface area (Å²) >= 11 is 0. The highest BCUT2D eigenvalue weighted by Gasteiger charge is 2.39. The topological polar surface area (TPSA) is 86.7 Å². The number of carbonyl (C=O) groups excluding carboxylic acids is 2. The van der Waals surface area contributed by atoms with Crippen molar-refractivity contribution in [2.24, 2.45) is 5.92 Å². The van der Waals surface area contributed by atoms with Gasteiger partial charge in [-0.25, -0.2) is 0 Å². The van der Waals surface area contributed by atoms with Crippen molar-refractivity contribution in [3.63, 3.8) is 0 Å². The Bertz CT molecular complexity index is 573. The third-order valence-electron chi connectivity index (χ3n) is 4.07. The molecule has 1 saturated heterocycles. The fourth-order valence-electron chi connectivity index (χ4n) is 2.80. The molecule has 0 radical (unpaired) electrons. The van der Waals surface area contributed by atoms with E-state index in [4.69, 9.17) is 5.11 Å². The molecular formula is C16H20N2O4. The summed E-state index contributed by atoms with van der Waals surface area (Å²) < 4.78 is 0. The minimum absolute atomic E-state index is 0.0100. The van der Waals surface area contributed by atoms with E-state index in [1.165, 1.54) is 6.92 Å². The first-order chi connectivity index (χ1) is 10.4. The van der Waals surface area contributed by atoms with Crippen LogP contribution in [-0.2, 0) is 14.4 Å². The number of aliphatic carboxylic acids is 1. The van der Waals surface area contributed by atoms with Gasteiger partial charge >= 0.3 is 5.97 Å². The molecule has 3 atom stereocenters. The van der Waals surface area contributed by atoms with E-state index in [2.05, 4.69) is 5.32 Å². The largest absolute Gasteiger partial charge is 0.480 e. The molecule has 1 heterocycles. The fourth-order valence-corrected chi connectivity index (χ4v) is 2.80. The highest BCUT2D eigenvalue weighted by atomic mass is 16.4. The highest BCUT2D eigenvalue weighted by molar-refractivity contribution is 5.87. The molecule has 1 aliphatic rings. The fraction of sp³-hybridized carbons (Fsp3) is 0.438. The molecular weight excluding hydrogens is 284 g/mol. The highest BCUT2D eigenvalue weighted by Crippen LogP contribution is 2.35. The Morgan fingerprint density at radius 2 is 1.95 bits per heavy atom. The first kappa shape index (κ1) is 16.0. The van der Waals surface area contributed by atoms with E-state index in [1.807, 2.05) is 30.3 Å². The molecule has 1 aromatic rings. The normalized spacial score (nSPS) is 23.0. The summed E-state index contributed by atoms with van der Waals surface area (Å²) in [5.41, 5.74) is 0.876. The zero-order valence-electron chi connectivity index (χ0n) is 12.7. The van der Waals surface area contributed by atoms with E-state index in [9.17, 15) is 14.4 Å². The molecule has 0 aromatic heterocycles. The predicted molar refractivity (Wildman–Crippen MR) is 79.9 cm³/mol. The summed E-state index contributed by atoms with van der Waals surface area (Å²) in [7, 11) is 1.68. The molecule has 0 spiro atoms. The van der Waals surface area contributed by atoms with Gasteiger partial charge in [0.1, 0.15) is 6.04 Å². The summed E-state index contributed by atoms with van der Waals surface area (Å²) in [6.45, 7) is 1.43. The Morgan fingerprint density at radius 1 is 1.32 bits per heavy atom. The lowest BCUT2D eigenvalue weighted by Crippen LogP contribution is -2.49. The van der Waals surface area contributed by atoms with Crippen LogP contribution in [0.1, 0.15) is 31.4 Å². The summed E-state index contributed by atoms with van der Waals surface area (Å²) in [6.07, 6.45) is 0.709. The Balaban J connectivity index is 2.25. The summed E-state index contributed by atoms with van der Waals surface area (Å²) in [5, 5.41) is 11.4. The Kier molecular flexibility index (Phi) is 4.80. The maximum atomic E-state index is 12.4. The molecule has 118 valence electrons. The van der Waals surface area contributed by atoms with Crippen LogP contribution in [0.2, 0.25) is 0 Å². The zero-order valence-corrected chi connectivity index (χ0v) is 12.7. The van der Waals surface area contributed by atoms with Crippen molar-refractivity contribution >= 4 is 17.8 Å². The van der Waals surface area contributed by atoms with E-state index >= 15 is 0 Å². The summed E-state index contributed by atoms with van der Waals surface area (Å²) in [6, 6.07) is 8.01. The lowest BCUT2D eigenvalue weighted by molar-refractivity contribution is -0.146. The lowest BCUT2D eigenvalue weighted by Gasteiger charge is -2.38. The van der Waals surface area contributed by atoms with Crippen molar-refractivity contribution < 1.29 is 19.5 Å². The number of carbonyl (C=O) groups is 3. The maximum absolute atomic E-state index is 12.4. The first-order valence-electron chi connectivity index (χ1n) is 7.25. The molecule has 2 N–H and O–H groups in total. The van der Waals surface area contributed by atoms with Gasteiger partial charge in [0.05, 0.1) is 12.0 Å². The van der Waals surface area contributed by atoms with Gasteiger partial charge in [0.2, 0.25) is 11.8 Å². The number of benzene rings is 1. The van der Waals surface area contributed by atoms with Gasteiger partial charge in [-0.1, -0.05) is 30.3 Å². The maximum Gasteiger partial charge on any atom is 0.325 e. The second kappa shape index (κ2) is 6.60. The van der Waals surface area contributed by atoms with Crippen LogP contribution in [-0.4, -0.2) is 40.9 Å². The van der Waals surface area contributed by atoms with Crippen molar-refractivity contribution in [1.29, 1.82) is 0 Å². The number of piperidine rings is 1. The van der Waals surface area contributed by atoms with Crippen molar-refractivity contribution in [2.45, 2.75) is 31.8 Å². The monoisotopic (exact) mass is 304 g/mol. The number of nitrogens with zero attached hydrogens (tertiary/aromatic N) is 1. The minimum atomic E-state index is -1.08. The summed E-state index contributed by atoms with van der Waals surface area (Å²) in [5.74, 6) is -1.87. The molecule has 6 nitrogen and oxygen atoms in total. The average molecular weight is 304 g/mol. The van der Waals surface area contributed by atoms with Crippen LogP contribution in [0.3, 0.4) is 0 Å². The van der Waals surface area contributed by atoms with Crippen LogP contribution in [0.15, 0.2) is 30.3 Å². The van der Waals surface area contributed by atoms with E-state index in [1.54, 1.807) is 11.9 Å². The molecule has 1 fully saturated rings. The quantitative estimate of drug-likeness (QED) is 0.874. The van der Waals surface area contributed by atoms with E-state index < -0.39 is 17.9 Å². The van der Waals surface area contributed by atoms with E-state index in [0.29, 0.717) is 12.8 Å². The second-order valence-electron chi connectivity index (χ2n) is 5.57. The lowest BCUT2D eigenvalue weighted by atomic mass is 9.84. The smallest absolute Gasteiger partial charge is 0.325 e.